The van der Waals surface area contributed by atoms with Gasteiger partial charge < -0.3 is 15.0 Å². The highest BCUT2D eigenvalue weighted by Crippen LogP contribution is 2.31. The fourth-order valence-electron chi connectivity index (χ4n) is 2.35. The number of benzene rings is 1. The van der Waals surface area contributed by atoms with E-state index in [0.717, 1.165) is 0 Å². The number of halogens is 2. The van der Waals surface area contributed by atoms with Crippen LogP contribution in [-0.2, 0) is 11.3 Å². The van der Waals surface area contributed by atoms with Crippen molar-refractivity contribution in [2.45, 2.75) is 20.4 Å². The van der Waals surface area contributed by atoms with Gasteiger partial charge in [-0.15, -0.1) is 0 Å². The number of hydrogen-bond acceptors (Lipinski definition) is 4. The highest BCUT2D eigenvalue weighted by molar-refractivity contribution is 6.42. The minimum atomic E-state index is -0.694. The van der Waals surface area contributed by atoms with Crippen LogP contribution in [0.2, 0.25) is 10.0 Å². The Kier molecular flexibility index (Phi) is 5.34. The van der Waals surface area contributed by atoms with Crippen molar-refractivity contribution in [1.29, 1.82) is 0 Å². The molecular weight excluding hydrogens is 339 g/mol. The molecule has 5 nitrogen and oxygen atoms in total. The second-order valence-electron chi connectivity index (χ2n) is 4.75. The molecule has 0 spiro atoms. The highest BCUT2D eigenvalue weighted by atomic mass is 35.5. The van der Waals surface area contributed by atoms with Crippen molar-refractivity contribution < 1.29 is 9.53 Å². The number of aromatic nitrogens is 1. The number of hydrogen-bond donors (Lipinski definition) is 1. The molecule has 122 valence electrons. The molecule has 0 atom stereocenters. The maximum Gasteiger partial charge on any atom is 0.344 e. The first-order valence-corrected chi connectivity index (χ1v) is 7.82. The second kappa shape index (κ2) is 7.06. The molecule has 2 N–H and O–H groups in total. The van der Waals surface area contributed by atoms with Crippen LogP contribution in [0, 0.1) is 0 Å². The van der Waals surface area contributed by atoms with E-state index in [9.17, 15) is 9.59 Å². The molecule has 1 heterocycles. The molecule has 1 aromatic carbocycles. The van der Waals surface area contributed by atoms with E-state index in [0.29, 0.717) is 27.8 Å². The van der Waals surface area contributed by atoms with Crippen molar-refractivity contribution in [3.63, 3.8) is 0 Å². The number of esters is 1. The number of carbonyl (C=O) groups excluding carboxylic acids is 1. The van der Waals surface area contributed by atoms with Crippen LogP contribution in [0.15, 0.2) is 29.1 Å². The first-order chi connectivity index (χ1) is 10.9. The number of rotatable bonds is 4. The third kappa shape index (κ3) is 3.35. The van der Waals surface area contributed by atoms with Crippen LogP contribution in [0.4, 0.5) is 5.82 Å². The van der Waals surface area contributed by atoms with Crippen molar-refractivity contribution >= 4 is 35.0 Å². The zero-order valence-electron chi connectivity index (χ0n) is 12.7. The number of pyridine rings is 1. The van der Waals surface area contributed by atoms with Gasteiger partial charge in [-0.05, 0) is 26.0 Å². The van der Waals surface area contributed by atoms with E-state index in [-0.39, 0.29) is 18.0 Å². The summed E-state index contributed by atoms with van der Waals surface area (Å²) >= 11 is 12.0. The summed E-state index contributed by atoms with van der Waals surface area (Å²) < 4.78 is 6.67. The highest BCUT2D eigenvalue weighted by Gasteiger charge is 2.23. The number of ether oxygens (including phenoxy) is 1. The normalized spacial score (nSPS) is 10.6. The molecule has 0 fully saturated rings. The summed E-state index contributed by atoms with van der Waals surface area (Å²) in [7, 11) is 0. The number of nitrogens with zero attached hydrogens (tertiary/aromatic N) is 1. The lowest BCUT2D eigenvalue weighted by Crippen LogP contribution is -2.24. The van der Waals surface area contributed by atoms with Crippen molar-refractivity contribution in [3.05, 3.63) is 50.1 Å². The maximum atomic E-state index is 12.3. The second-order valence-corrected chi connectivity index (χ2v) is 5.57. The van der Waals surface area contributed by atoms with Gasteiger partial charge in [-0.2, -0.15) is 0 Å². The predicted molar refractivity (Wildman–Crippen MR) is 92.2 cm³/mol. The Balaban J connectivity index is 2.84. The summed E-state index contributed by atoms with van der Waals surface area (Å²) in [6, 6.07) is 6.09. The summed E-state index contributed by atoms with van der Waals surface area (Å²) in [5.74, 6) is -0.438. The molecule has 0 aliphatic rings. The summed E-state index contributed by atoms with van der Waals surface area (Å²) in [5.41, 5.74) is 6.30. The molecule has 0 amide bonds. The molecule has 23 heavy (non-hydrogen) atoms. The van der Waals surface area contributed by atoms with Gasteiger partial charge in [0.25, 0.3) is 0 Å². The van der Waals surface area contributed by atoms with Crippen LogP contribution in [0.1, 0.15) is 24.2 Å². The van der Waals surface area contributed by atoms with Gasteiger partial charge in [-0.3, -0.25) is 4.79 Å². The van der Waals surface area contributed by atoms with E-state index in [1.54, 1.807) is 29.7 Å². The van der Waals surface area contributed by atoms with Crippen molar-refractivity contribution in [3.8, 4) is 11.3 Å². The summed E-state index contributed by atoms with van der Waals surface area (Å²) in [6.07, 6.45) is 0. The quantitative estimate of drug-likeness (QED) is 0.851. The third-order valence-corrected chi connectivity index (χ3v) is 4.07. The van der Waals surface area contributed by atoms with E-state index < -0.39 is 11.4 Å². The molecule has 0 bridgehead atoms. The lowest BCUT2D eigenvalue weighted by Gasteiger charge is -2.18. The number of anilines is 1. The third-order valence-electron chi connectivity index (χ3n) is 3.33. The fraction of sp³-hybridized carbons (Fsp3) is 0.250. The number of carbonyl (C=O) groups is 1. The molecule has 0 unspecified atom stereocenters. The zero-order valence-corrected chi connectivity index (χ0v) is 14.2. The van der Waals surface area contributed by atoms with Gasteiger partial charge in [0.05, 0.1) is 22.3 Å². The average molecular weight is 355 g/mol. The van der Waals surface area contributed by atoms with Crippen molar-refractivity contribution in [2.75, 3.05) is 12.3 Å². The Morgan fingerprint density at radius 2 is 1.91 bits per heavy atom. The molecule has 2 aromatic rings. The van der Waals surface area contributed by atoms with Gasteiger partial charge in [0.1, 0.15) is 11.4 Å². The van der Waals surface area contributed by atoms with Crippen LogP contribution in [0.25, 0.3) is 11.3 Å². The minimum Gasteiger partial charge on any atom is -0.462 e. The van der Waals surface area contributed by atoms with Crippen LogP contribution in [-0.4, -0.2) is 17.1 Å². The van der Waals surface area contributed by atoms with E-state index in [2.05, 4.69) is 0 Å². The van der Waals surface area contributed by atoms with E-state index in [1.807, 2.05) is 6.92 Å². The molecule has 0 saturated heterocycles. The largest absolute Gasteiger partial charge is 0.462 e. The van der Waals surface area contributed by atoms with Gasteiger partial charge in [-0.25, -0.2) is 4.79 Å². The number of nitrogen functional groups attached to an aromatic ring is 1. The molecule has 0 radical (unpaired) electrons. The molecule has 7 heteroatoms. The fourth-order valence-corrected chi connectivity index (χ4v) is 2.65. The zero-order chi connectivity index (χ0) is 17.1. The first-order valence-electron chi connectivity index (χ1n) is 7.06. The lowest BCUT2D eigenvalue weighted by atomic mass is 10.0. The van der Waals surface area contributed by atoms with Gasteiger partial charge >= 0.3 is 5.97 Å². The summed E-state index contributed by atoms with van der Waals surface area (Å²) in [4.78, 5) is 24.6. The molecule has 2 rings (SSSR count). The van der Waals surface area contributed by atoms with Crippen molar-refractivity contribution in [2.24, 2.45) is 0 Å². The Labute approximate surface area is 143 Å². The molecule has 0 saturated carbocycles. The molecule has 0 aliphatic heterocycles. The first kappa shape index (κ1) is 17.4. The van der Waals surface area contributed by atoms with Gasteiger partial charge in [0, 0.05) is 18.2 Å². The Bertz CT molecular complexity index is 816. The smallest absolute Gasteiger partial charge is 0.344 e. The van der Waals surface area contributed by atoms with Crippen molar-refractivity contribution in [1.82, 2.24) is 4.57 Å². The molecule has 0 aliphatic carbocycles. The Morgan fingerprint density at radius 3 is 2.48 bits per heavy atom. The molecular formula is C16H16Cl2N2O3. The lowest BCUT2D eigenvalue weighted by molar-refractivity contribution is 0.0525. The monoisotopic (exact) mass is 354 g/mol. The van der Waals surface area contributed by atoms with E-state index in [4.69, 9.17) is 33.7 Å². The minimum absolute atomic E-state index is 0.0683. The maximum absolute atomic E-state index is 12.3. The van der Waals surface area contributed by atoms with Gasteiger partial charge in [-0.1, -0.05) is 29.3 Å². The topological polar surface area (TPSA) is 74.3 Å². The standard InChI is InChI=1S/C16H16Cl2N2O3/c1-3-20-13(19)8-12(21)14(16(22)23-4-2)15(20)9-5-6-10(17)11(18)7-9/h5-8H,3-4,19H2,1-2H3. The Hall–Kier alpha value is -1.98. The van der Waals surface area contributed by atoms with Crippen LogP contribution < -0.4 is 11.2 Å². The van der Waals surface area contributed by atoms with Crippen LogP contribution in [0.3, 0.4) is 0 Å². The number of nitrogens with two attached hydrogens (primary N) is 1. The van der Waals surface area contributed by atoms with Gasteiger partial charge in [0.15, 0.2) is 5.43 Å². The predicted octanol–water partition coefficient (Wildman–Crippen LogP) is 3.60. The summed E-state index contributed by atoms with van der Waals surface area (Å²) in [6.45, 7) is 4.16. The SMILES string of the molecule is CCOC(=O)c1c(-c2ccc(Cl)c(Cl)c2)n(CC)c(N)cc1=O. The van der Waals surface area contributed by atoms with Crippen LogP contribution in [0.5, 0.6) is 0 Å². The van der Waals surface area contributed by atoms with E-state index in [1.165, 1.54) is 6.07 Å². The Morgan fingerprint density at radius 1 is 1.22 bits per heavy atom. The molecule has 1 aromatic heterocycles. The summed E-state index contributed by atoms with van der Waals surface area (Å²) in [5, 5.41) is 0.693. The average Bonchev–Trinajstić information content (AvgIpc) is 2.49. The van der Waals surface area contributed by atoms with Crippen LogP contribution >= 0.6 is 23.2 Å². The van der Waals surface area contributed by atoms with E-state index >= 15 is 0 Å². The van der Waals surface area contributed by atoms with Gasteiger partial charge in [0.2, 0.25) is 0 Å².